The molecule has 0 aliphatic carbocycles. The van der Waals surface area contributed by atoms with Crippen molar-refractivity contribution in [1.29, 1.82) is 0 Å². The molecular weight excluding hydrogens is 638 g/mol. The smallest absolute Gasteiger partial charge is 0.186 e. The van der Waals surface area contributed by atoms with Crippen LogP contribution in [0.1, 0.15) is 98.1 Å². The van der Waals surface area contributed by atoms with Gasteiger partial charge in [0.2, 0.25) is 0 Å². The summed E-state index contributed by atoms with van der Waals surface area (Å²) in [4.78, 5) is 12.1. The minimum absolute atomic E-state index is 0.110. The van der Waals surface area contributed by atoms with Gasteiger partial charge in [0.15, 0.2) is 11.5 Å². The lowest BCUT2D eigenvalue weighted by molar-refractivity contribution is -0.144. The predicted octanol–water partition coefficient (Wildman–Crippen LogP) is 6.16. The maximum Gasteiger partial charge on any atom is 0.186 e. The second-order valence-electron chi connectivity index (χ2n) is 14.9. The van der Waals surface area contributed by atoms with Crippen LogP contribution in [0.25, 0.3) is 11.2 Å². The van der Waals surface area contributed by atoms with Gasteiger partial charge in [0.25, 0.3) is 0 Å². The van der Waals surface area contributed by atoms with Crippen LogP contribution in [-0.2, 0) is 35.2 Å². The maximum absolute atomic E-state index is 12.7. The summed E-state index contributed by atoms with van der Waals surface area (Å²) in [6.45, 7) is 14.8. The largest absolute Gasteiger partial charge is 0.478 e. The van der Waals surface area contributed by atoms with Gasteiger partial charge in [-0.15, -0.1) is 0 Å². The van der Waals surface area contributed by atoms with Crippen LogP contribution < -0.4 is 16.4 Å². The van der Waals surface area contributed by atoms with E-state index in [0.717, 1.165) is 54.7 Å². The summed E-state index contributed by atoms with van der Waals surface area (Å²) in [6, 6.07) is 16.4. The molecule has 0 spiro atoms. The Hall–Kier alpha value is -3.80. The van der Waals surface area contributed by atoms with E-state index >= 15 is 0 Å². The van der Waals surface area contributed by atoms with Crippen LogP contribution in [0.2, 0.25) is 0 Å². The third-order valence-electron chi connectivity index (χ3n) is 10.7. The van der Waals surface area contributed by atoms with Crippen molar-refractivity contribution in [1.82, 2.24) is 30.1 Å². The Balaban J connectivity index is 1.38. The minimum Gasteiger partial charge on any atom is -0.478 e. The number of aryl methyl sites for hydroxylation is 4. The van der Waals surface area contributed by atoms with Gasteiger partial charge in [-0.2, -0.15) is 0 Å². The molecule has 4 aromatic rings. The first kappa shape index (κ1) is 37.0. The summed E-state index contributed by atoms with van der Waals surface area (Å²) in [5, 5.41) is 19.5. The molecule has 10 heteroatoms. The first-order chi connectivity index (χ1) is 24.4. The van der Waals surface area contributed by atoms with Gasteiger partial charge < -0.3 is 24.5 Å². The fraction of sp³-hybridized carbons (Fsp3) is 0.512. The van der Waals surface area contributed by atoms with Crippen molar-refractivity contribution in [3.63, 3.8) is 0 Å². The van der Waals surface area contributed by atoms with Crippen LogP contribution >= 0.6 is 0 Å². The lowest BCUT2D eigenvalue weighted by Crippen LogP contribution is -2.55. The molecule has 274 valence electrons. The maximum atomic E-state index is 12.7. The molecule has 10 nitrogen and oxygen atoms in total. The average Bonchev–Trinajstić information content (AvgIpc) is 3.45. The molecule has 51 heavy (non-hydrogen) atoms. The Kier molecular flexibility index (Phi) is 11.5. The molecular formula is C41H57N7O3. The van der Waals surface area contributed by atoms with Crippen LogP contribution in [0.4, 0.5) is 0 Å². The zero-order chi connectivity index (χ0) is 36.3. The Morgan fingerprint density at radius 2 is 1.92 bits per heavy atom. The topological polar surface area (TPSA) is 123 Å². The van der Waals surface area contributed by atoms with Crippen LogP contribution in [0.3, 0.4) is 0 Å². The van der Waals surface area contributed by atoms with Crippen molar-refractivity contribution in [2.75, 3.05) is 19.8 Å². The number of fused-ring (bicyclic) bond motifs is 1. The number of nitrogens with zero attached hydrogens (tertiary/aromatic N) is 4. The van der Waals surface area contributed by atoms with Crippen molar-refractivity contribution in [2.45, 2.75) is 104 Å². The van der Waals surface area contributed by atoms with Crippen molar-refractivity contribution in [3.05, 3.63) is 106 Å². The molecule has 2 aliphatic heterocycles. The number of ether oxygens (including phenoxy) is 2. The van der Waals surface area contributed by atoms with E-state index in [9.17, 15) is 5.11 Å². The Morgan fingerprint density at radius 3 is 2.63 bits per heavy atom. The van der Waals surface area contributed by atoms with E-state index in [1.54, 1.807) is 0 Å². The standard InChI is InChI=1S/C41H57N7O3/c1-8-29-14-10-16-31(18-29)41(6,49)48(23-32-22-43-35-20-36(26(2)3)47(7)39(35)44-32)33(19-30-15-11-17-50-24-30)25-51-37-21-34(45-40(42)46-37)38-27(4)12-9-13-28(38)5/h9-10,12-14,16,18,20-22,26,30,33-34,40,45-46,49H,8,11,15,17,19,23-25,42H2,1-7H3/t30?,33-,34?,40?,41?/m1/s1. The zero-order valence-electron chi connectivity index (χ0n) is 31.4. The molecule has 1 fully saturated rings. The molecule has 2 aromatic heterocycles. The Morgan fingerprint density at radius 1 is 1.16 bits per heavy atom. The number of hydrogen-bond donors (Lipinski definition) is 4. The summed E-state index contributed by atoms with van der Waals surface area (Å²) in [7, 11) is 2.05. The zero-order valence-corrected chi connectivity index (χ0v) is 31.4. The number of rotatable bonds is 13. The van der Waals surface area contributed by atoms with Crippen molar-refractivity contribution < 1.29 is 14.6 Å². The van der Waals surface area contributed by atoms with Gasteiger partial charge in [0.1, 0.15) is 24.1 Å². The van der Waals surface area contributed by atoms with Gasteiger partial charge in [0, 0.05) is 38.5 Å². The molecule has 5 N–H and O–H groups in total. The van der Waals surface area contributed by atoms with Crippen molar-refractivity contribution in [3.8, 4) is 0 Å². The first-order valence-electron chi connectivity index (χ1n) is 18.6. The molecule has 5 atom stereocenters. The predicted molar refractivity (Wildman–Crippen MR) is 202 cm³/mol. The Labute approximate surface area is 303 Å². The molecule has 0 bridgehead atoms. The van der Waals surface area contributed by atoms with Gasteiger partial charge in [-0.3, -0.25) is 20.9 Å². The average molecular weight is 696 g/mol. The highest BCUT2D eigenvalue weighted by Crippen LogP contribution is 2.34. The minimum atomic E-state index is -1.35. The molecule has 0 saturated carbocycles. The van der Waals surface area contributed by atoms with E-state index in [1.807, 2.05) is 25.3 Å². The lowest BCUT2D eigenvalue weighted by Gasteiger charge is -2.44. The van der Waals surface area contributed by atoms with Gasteiger partial charge >= 0.3 is 0 Å². The number of nitrogens with two attached hydrogens (primary N) is 1. The third-order valence-corrected chi connectivity index (χ3v) is 10.7. The number of nitrogens with one attached hydrogen (secondary N) is 2. The molecule has 4 heterocycles. The molecule has 0 radical (unpaired) electrons. The van der Waals surface area contributed by atoms with E-state index in [1.165, 1.54) is 27.9 Å². The van der Waals surface area contributed by atoms with E-state index in [0.29, 0.717) is 37.5 Å². The molecule has 6 rings (SSSR count). The molecule has 4 unspecified atom stereocenters. The summed E-state index contributed by atoms with van der Waals surface area (Å²) >= 11 is 0. The van der Waals surface area contributed by atoms with Crippen LogP contribution in [0, 0.1) is 19.8 Å². The summed E-state index contributed by atoms with van der Waals surface area (Å²) in [6.07, 6.45) is 7.18. The quantitative estimate of drug-likeness (QED) is 0.122. The monoisotopic (exact) mass is 695 g/mol. The second-order valence-corrected chi connectivity index (χ2v) is 14.9. The van der Waals surface area contributed by atoms with E-state index in [4.69, 9.17) is 25.2 Å². The highest BCUT2D eigenvalue weighted by atomic mass is 16.5. The lowest BCUT2D eigenvalue weighted by atomic mass is 9.91. The van der Waals surface area contributed by atoms with Gasteiger partial charge in [-0.05, 0) is 98.2 Å². The van der Waals surface area contributed by atoms with Gasteiger partial charge in [0.05, 0.1) is 17.9 Å². The normalized spacial score (nSPS) is 21.4. The van der Waals surface area contributed by atoms with E-state index in [2.05, 4.69) is 104 Å². The molecule has 0 amide bonds. The molecule has 1 saturated heterocycles. The fourth-order valence-electron chi connectivity index (χ4n) is 7.89. The van der Waals surface area contributed by atoms with Crippen LogP contribution in [0.15, 0.2) is 66.7 Å². The fourth-order valence-corrected chi connectivity index (χ4v) is 7.89. The van der Waals surface area contributed by atoms with Crippen LogP contribution in [-0.4, -0.2) is 56.7 Å². The van der Waals surface area contributed by atoms with Gasteiger partial charge in [-0.1, -0.05) is 63.2 Å². The highest BCUT2D eigenvalue weighted by Gasteiger charge is 2.39. The second kappa shape index (κ2) is 15.8. The summed E-state index contributed by atoms with van der Waals surface area (Å²) in [5.41, 5.74) is 14.4. The number of aromatic nitrogens is 3. The number of benzene rings is 2. The van der Waals surface area contributed by atoms with E-state index in [-0.39, 0.29) is 12.1 Å². The highest BCUT2D eigenvalue weighted by molar-refractivity contribution is 5.73. The number of hydrogen-bond acceptors (Lipinski definition) is 9. The number of aliphatic hydroxyl groups is 1. The first-order valence-corrected chi connectivity index (χ1v) is 18.6. The Bertz CT molecular complexity index is 1810. The molecule has 2 aromatic carbocycles. The summed E-state index contributed by atoms with van der Waals surface area (Å²) in [5.74, 6) is 1.29. The van der Waals surface area contributed by atoms with E-state index < -0.39 is 12.0 Å². The summed E-state index contributed by atoms with van der Waals surface area (Å²) < 4.78 is 14.8. The molecule has 2 aliphatic rings. The van der Waals surface area contributed by atoms with Gasteiger partial charge in [-0.25, -0.2) is 4.98 Å². The SMILES string of the molecule is CCc1cccc(C(C)(O)N(Cc2cnc3cc(C(C)C)n(C)c3n2)[C@@H](COC2=CC(c3c(C)cccc3C)NC(N)N2)CC2CCCOC2)c1. The van der Waals surface area contributed by atoms with Crippen LogP contribution in [0.5, 0.6) is 0 Å². The third kappa shape index (κ3) is 8.31. The van der Waals surface area contributed by atoms with Crippen molar-refractivity contribution in [2.24, 2.45) is 18.7 Å². The van der Waals surface area contributed by atoms with Crippen molar-refractivity contribution >= 4 is 11.2 Å².